The van der Waals surface area contributed by atoms with Crippen molar-refractivity contribution >= 4 is 0 Å². The molecule has 0 aliphatic heterocycles. The van der Waals surface area contributed by atoms with Crippen LogP contribution in [0.3, 0.4) is 0 Å². The van der Waals surface area contributed by atoms with Gasteiger partial charge in [-0.15, -0.1) is 0 Å². The second kappa shape index (κ2) is 5.60. The molecule has 0 aromatic heterocycles. The zero-order valence-electron chi connectivity index (χ0n) is 8.37. The first-order chi connectivity index (χ1) is 6.76. The molecule has 0 aliphatic carbocycles. The third-order valence-corrected chi connectivity index (χ3v) is 2.19. The smallest absolute Gasteiger partial charge is 0.126 e. The summed E-state index contributed by atoms with van der Waals surface area (Å²) in [5, 5.41) is 0. The lowest BCUT2D eigenvalue weighted by molar-refractivity contribution is 0.248. The topological polar surface area (TPSA) is 35.2 Å². The Labute approximate surface area is 83.9 Å². The Hall–Kier alpha value is -1.09. The average molecular weight is 197 g/mol. The van der Waals surface area contributed by atoms with E-state index < -0.39 is 0 Å². The monoisotopic (exact) mass is 197 g/mol. The van der Waals surface area contributed by atoms with Gasteiger partial charge in [0.1, 0.15) is 11.6 Å². The van der Waals surface area contributed by atoms with E-state index in [1.165, 1.54) is 12.1 Å². The highest BCUT2D eigenvalue weighted by Crippen LogP contribution is 2.13. The predicted molar refractivity (Wildman–Crippen MR) is 54.7 cm³/mol. The van der Waals surface area contributed by atoms with Gasteiger partial charge in [-0.1, -0.05) is 13.0 Å². The van der Waals surface area contributed by atoms with Crippen LogP contribution >= 0.6 is 0 Å². The van der Waals surface area contributed by atoms with Crippen molar-refractivity contribution in [2.45, 2.75) is 13.3 Å². The summed E-state index contributed by atoms with van der Waals surface area (Å²) in [6.45, 7) is 3.22. The van der Waals surface area contributed by atoms with Crippen molar-refractivity contribution in [3.8, 4) is 5.75 Å². The van der Waals surface area contributed by atoms with Crippen LogP contribution in [0, 0.1) is 11.7 Å². The summed E-state index contributed by atoms with van der Waals surface area (Å²) in [6.07, 6.45) is 0.978. The van der Waals surface area contributed by atoms with E-state index in [0.717, 1.165) is 6.42 Å². The fourth-order valence-corrected chi connectivity index (χ4v) is 1.12. The minimum Gasteiger partial charge on any atom is -0.493 e. The standard InChI is InChI=1S/C11H16FNO/c1-2-9(7-13)8-14-11-5-3-4-10(12)6-11/h3-6,9H,2,7-8,13H2,1H3. The van der Waals surface area contributed by atoms with Crippen LogP contribution in [0.1, 0.15) is 13.3 Å². The summed E-state index contributed by atoms with van der Waals surface area (Å²) < 4.78 is 18.2. The SMILES string of the molecule is CCC(CN)COc1cccc(F)c1. The molecule has 0 heterocycles. The van der Waals surface area contributed by atoms with Crippen molar-refractivity contribution in [3.05, 3.63) is 30.1 Å². The van der Waals surface area contributed by atoms with Gasteiger partial charge < -0.3 is 10.5 Å². The Morgan fingerprint density at radius 3 is 2.86 bits per heavy atom. The molecule has 78 valence electrons. The van der Waals surface area contributed by atoms with Crippen LogP contribution < -0.4 is 10.5 Å². The van der Waals surface area contributed by atoms with Gasteiger partial charge in [0.15, 0.2) is 0 Å². The summed E-state index contributed by atoms with van der Waals surface area (Å²) >= 11 is 0. The molecule has 0 amide bonds. The van der Waals surface area contributed by atoms with Gasteiger partial charge in [-0.25, -0.2) is 4.39 Å². The van der Waals surface area contributed by atoms with Gasteiger partial charge >= 0.3 is 0 Å². The molecular formula is C11H16FNO. The molecule has 1 aromatic carbocycles. The molecule has 1 aromatic rings. The first-order valence-corrected chi connectivity index (χ1v) is 4.84. The minimum atomic E-state index is -0.275. The highest BCUT2D eigenvalue weighted by Gasteiger charge is 2.04. The van der Waals surface area contributed by atoms with E-state index in [-0.39, 0.29) is 5.82 Å². The van der Waals surface area contributed by atoms with Crippen molar-refractivity contribution in [2.75, 3.05) is 13.2 Å². The molecule has 3 heteroatoms. The summed E-state index contributed by atoms with van der Waals surface area (Å²) in [6, 6.07) is 6.15. The van der Waals surface area contributed by atoms with Crippen LogP contribution in [0.25, 0.3) is 0 Å². The van der Waals surface area contributed by atoms with Crippen molar-refractivity contribution in [1.29, 1.82) is 0 Å². The Morgan fingerprint density at radius 2 is 2.29 bits per heavy atom. The molecule has 1 rings (SSSR count). The van der Waals surface area contributed by atoms with Crippen LogP contribution in [-0.4, -0.2) is 13.2 Å². The number of rotatable bonds is 5. The van der Waals surface area contributed by atoms with E-state index in [4.69, 9.17) is 10.5 Å². The zero-order valence-corrected chi connectivity index (χ0v) is 8.37. The number of benzene rings is 1. The summed E-state index contributed by atoms with van der Waals surface area (Å²) in [5.41, 5.74) is 5.52. The van der Waals surface area contributed by atoms with E-state index >= 15 is 0 Å². The Balaban J connectivity index is 2.44. The molecule has 0 radical (unpaired) electrons. The van der Waals surface area contributed by atoms with Gasteiger partial charge in [0.05, 0.1) is 6.61 Å². The van der Waals surface area contributed by atoms with Crippen molar-refractivity contribution in [3.63, 3.8) is 0 Å². The maximum Gasteiger partial charge on any atom is 0.126 e. The minimum absolute atomic E-state index is 0.275. The zero-order chi connectivity index (χ0) is 10.4. The van der Waals surface area contributed by atoms with Gasteiger partial charge in [0.2, 0.25) is 0 Å². The molecular weight excluding hydrogens is 181 g/mol. The number of halogens is 1. The molecule has 1 unspecified atom stereocenters. The largest absolute Gasteiger partial charge is 0.493 e. The van der Waals surface area contributed by atoms with Crippen LogP contribution in [0.15, 0.2) is 24.3 Å². The van der Waals surface area contributed by atoms with Gasteiger partial charge in [-0.05, 0) is 25.1 Å². The summed E-state index contributed by atoms with van der Waals surface area (Å²) in [4.78, 5) is 0. The first-order valence-electron chi connectivity index (χ1n) is 4.84. The van der Waals surface area contributed by atoms with Crippen LogP contribution in [0.2, 0.25) is 0 Å². The van der Waals surface area contributed by atoms with Crippen molar-refractivity contribution < 1.29 is 9.13 Å². The van der Waals surface area contributed by atoms with E-state index in [1.54, 1.807) is 12.1 Å². The molecule has 0 aliphatic rings. The van der Waals surface area contributed by atoms with Crippen LogP contribution in [0.5, 0.6) is 5.75 Å². The highest BCUT2D eigenvalue weighted by molar-refractivity contribution is 5.22. The fourth-order valence-electron chi connectivity index (χ4n) is 1.12. The Kier molecular flexibility index (Phi) is 4.40. The van der Waals surface area contributed by atoms with Crippen molar-refractivity contribution in [2.24, 2.45) is 11.7 Å². The summed E-state index contributed by atoms with van der Waals surface area (Å²) in [7, 11) is 0. The Bertz CT molecular complexity index is 274. The fraction of sp³-hybridized carbons (Fsp3) is 0.455. The molecule has 0 saturated heterocycles. The van der Waals surface area contributed by atoms with Gasteiger partial charge in [0.25, 0.3) is 0 Å². The normalized spacial score (nSPS) is 12.5. The first kappa shape index (κ1) is 11.0. The molecule has 14 heavy (non-hydrogen) atoms. The maximum atomic E-state index is 12.8. The predicted octanol–water partition coefficient (Wildman–Crippen LogP) is 2.19. The van der Waals surface area contributed by atoms with Gasteiger partial charge in [-0.3, -0.25) is 0 Å². The highest BCUT2D eigenvalue weighted by atomic mass is 19.1. The lowest BCUT2D eigenvalue weighted by atomic mass is 10.1. The van der Waals surface area contributed by atoms with Crippen molar-refractivity contribution in [1.82, 2.24) is 0 Å². The molecule has 0 fully saturated rings. The number of ether oxygens (including phenoxy) is 1. The molecule has 1 atom stereocenters. The second-order valence-corrected chi connectivity index (χ2v) is 3.28. The van der Waals surface area contributed by atoms with Crippen LogP contribution in [0.4, 0.5) is 4.39 Å². The van der Waals surface area contributed by atoms with E-state index in [0.29, 0.717) is 24.8 Å². The quantitative estimate of drug-likeness (QED) is 0.785. The van der Waals surface area contributed by atoms with Crippen LogP contribution in [-0.2, 0) is 0 Å². The summed E-state index contributed by atoms with van der Waals surface area (Å²) in [5.74, 6) is 0.637. The second-order valence-electron chi connectivity index (χ2n) is 3.28. The molecule has 2 N–H and O–H groups in total. The van der Waals surface area contributed by atoms with E-state index in [2.05, 4.69) is 6.92 Å². The number of nitrogens with two attached hydrogens (primary N) is 1. The number of hydrogen-bond acceptors (Lipinski definition) is 2. The maximum absolute atomic E-state index is 12.8. The molecule has 0 bridgehead atoms. The molecule has 0 saturated carbocycles. The average Bonchev–Trinajstić information content (AvgIpc) is 2.19. The lowest BCUT2D eigenvalue weighted by Gasteiger charge is -2.13. The third-order valence-electron chi connectivity index (χ3n) is 2.19. The van der Waals surface area contributed by atoms with E-state index in [1.807, 2.05) is 0 Å². The van der Waals surface area contributed by atoms with Gasteiger partial charge in [0, 0.05) is 12.0 Å². The Morgan fingerprint density at radius 1 is 1.50 bits per heavy atom. The number of hydrogen-bond donors (Lipinski definition) is 1. The molecule has 2 nitrogen and oxygen atoms in total. The van der Waals surface area contributed by atoms with E-state index in [9.17, 15) is 4.39 Å². The third kappa shape index (κ3) is 3.34. The lowest BCUT2D eigenvalue weighted by Crippen LogP contribution is -2.20. The van der Waals surface area contributed by atoms with Gasteiger partial charge in [-0.2, -0.15) is 0 Å². The molecule has 0 spiro atoms.